The van der Waals surface area contributed by atoms with Gasteiger partial charge in [-0.3, -0.25) is 9.59 Å². The molecule has 1 heterocycles. The van der Waals surface area contributed by atoms with Crippen LogP contribution in [0, 0.1) is 12.8 Å². The van der Waals surface area contributed by atoms with E-state index in [9.17, 15) is 9.59 Å². The van der Waals surface area contributed by atoms with Crippen LogP contribution in [0.5, 0.6) is 0 Å². The van der Waals surface area contributed by atoms with Crippen molar-refractivity contribution in [2.45, 2.75) is 46.6 Å². The smallest absolute Gasteiger partial charge is 0.256 e. The zero-order valence-corrected chi connectivity index (χ0v) is 11.5. The van der Waals surface area contributed by atoms with E-state index in [0.717, 1.165) is 18.5 Å². The van der Waals surface area contributed by atoms with Gasteiger partial charge in [0, 0.05) is 24.0 Å². The summed E-state index contributed by atoms with van der Waals surface area (Å²) in [5.74, 6) is 0.267. The molecular formula is C14H22N2O2. The second-order valence-corrected chi connectivity index (χ2v) is 5.02. The fraction of sp³-hybridized carbons (Fsp3) is 0.571. The molecule has 0 radical (unpaired) electrons. The lowest BCUT2D eigenvalue weighted by Gasteiger charge is -2.17. The number of carbonyl (C=O) groups is 1. The number of rotatable bonds is 5. The number of nitrogens with one attached hydrogen (secondary N) is 2. The van der Waals surface area contributed by atoms with Crippen LogP contribution in [0.2, 0.25) is 0 Å². The third-order valence-corrected chi connectivity index (χ3v) is 3.13. The van der Waals surface area contributed by atoms with Gasteiger partial charge in [0.05, 0.1) is 0 Å². The summed E-state index contributed by atoms with van der Waals surface area (Å²) in [6.07, 6.45) is 3.49. The van der Waals surface area contributed by atoms with Crippen molar-refractivity contribution in [1.82, 2.24) is 10.3 Å². The van der Waals surface area contributed by atoms with Crippen LogP contribution in [0.4, 0.5) is 0 Å². The Hall–Kier alpha value is -1.58. The highest BCUT2D eigenvalue weighted by molar-refractivity contribution is 5.93. The predicted molar refractivity (Wildman–Crippen MR) is 72.8 cm³/mol. The minimum absolute atomic E-state index is 0.0770. The van der Waals surface area contributed by atoms with Crippen LogP contribution in [0.15, 0.2) is 17.1 Å². The van der Waals surface area contributed by atoms with E-state index in [2.05, 4.69) is 24.1 Å². The molecule has 0 aliphatic rings. The molecule has 100 valence electrons. The average molecular weight is 250 g/mol. The molecule has 1 amide bonds. The Morgan fingerprint density at radius 1 is 1.44 bits per heavy atom. The molecule has 0 spiro atoms. The number of amides is 1. The monoisotopic (exact) mass is 250 g/mol. The van der Waals surface area contributed by atoms with Crippen LogP contribution in [0.1, 0.15) is 49.7 Å². The number of H-pyrrole nitrogens is 1. The molecule has 0 aliphatic carbocycles. The molecule has 18 heavy (non-hydrogen) atoms. The Labute approximate surface area is 108 Å². The van der Waals surface area contributed by atoms with Gasteiger partial charge in [-0.05, 0) is 26.2 Å². The summed E-state index contributed by atoms with van der Waals surface area (Å²) in [7, 11) is 0. The second-order valence-electron chi connectivity index (χ2n) is 5.02. The Morgan fingerprint density at radius 3 is 2.67 bits per heavy atom. The van der Waals surface area contributed by atoms with Crippen molar-refractivity contribution < 1.29 is 4.79 Å². The third-order valence-electron chi connectivity index (χ3n) is 3.13. The molecule has 1 rings (SSSR count). The largest absolute Gasteiger partial charge is 0.364 e. The molecule has 0 fully saturated rings. The van der Waals surface area contributed by atoms with Gasteiger partial charge in [-0.15, -0.1) is 0 Å². The van der Waals surface area contributed by atoms with Crippen molar-refractivity contribution in [3.05, 3.63) is 33.7 Å². The van der Waals surface area contributed by atoms with E-state index in [-0.39, 0.29) is 22.9 Å². The Kier molecular flexibility index (Phi) is 5.13. The SMILES string of the molecule is CC[C@H](C)C[C@H](C)NC(=O)c1c[nH]c(C)cc1=O. The minimum atomic E-state index is -0.299. The number of aromatic nitrogens is 1. The molecule has 0 bridgehead atoms. The van der Waals surface area contributed by atoms with E-state index in [1.54, 1.807) is 6.92 Å². The second kappa shape index (κ2) is 6.38. The van der Waals surface area contributed by atoms with Gasteiger partial charge in [0.15, 0.2) is 5.43 Å². The Bertz CT molecular complexity index is 465. The topological polar surface area (TPSA) is 62.0 Å². The Morgan fingerprint density at radius 2 is 2.11 bits per heavy atom. The van der Waals surface area contributed by atoms with Gasteiger partial charge in [-0.25, -0.2) is 0 Å². The maximum Gasteiger partial charge on any atom is 0.256 e. The number of aryl methyl sites for hydroxylation is 1. The molecule has 0 saturated heterocycles. The molecule has 2 atom stereocenters. The van der Waals surface area contributed by atoms with Crippen molar-refractivity contribution in [1.29, 1.82) is 0 Å². The molecule has 0 aliphatic heterocycles. The van der Waals surface area contributed by atoms with Gasteiger partial charge in [0.2, 0.25) is 0 Å². The summed E-state index contributed by atoms with van der Waals surface area (Å²) in [4.78, 5) is 26.5. The third kappa shape index (κ3) is 4.02. The normalized spacial score (nSPS) is 14.0. The van der Waals surface area contributed by atoms with Crippen molar-refractivity contribution >= 4 is 5.91 Å². The first-order valence-corrected chi connectivity index (χ1v) is 6.44. The number of aromatic amines is 1. The van der Waals surface area contributed by atoms with Gasteiger partial charge in [-0.1, -0.05) is 20.3 Å². The molecule has 0 unspecified atom stereocenters. The highest BCUT2D eigenvalue weighted by Gasteiger charge is 2.14. The Balaban J connectivity index is 2.68. The fourth-order valence-corrected chi connectivity index (χ4v) is 1.88. The predicted octanol–water partition coefficient (Wildman–Crippen LogP) is 2.24. The van der Waals surface area contributed by atoms with E-state index >= 15 is 0 Å². The molecule has 4 nitrogen and oxygen atoms in total. The standard InChI is InChI=1S/C14H22N2O2/c1-5-9(2)6-11(4)16-14(18)12-8-15-10(3)7-13(12)17/h7-9,11H,5-6H2,1-4H3,(H,15,17)(H,16,18)/t9-,11-/m0/s1. The lowest BCUT2D eigenvalue weighted by atomic mass is 10.0. The maximum atomic E-state index is 11.9. The van der Waals surface area contributed by atoms with Gasteiger partial charge >= 0.3 is 0 Å². The van der Waals surface area contributed by atoms with E-state index in [1.165, 1.54) is 12.3 Å². The zero-order valence-electron chi connectivity index (χ0n) is 11.5. The molecule has 0 aromatic carbocycles. The summed E-state index contributed by atoms with van der Waals surface area (Å²) < 4.78 is 0. The van der Waals surface area contributed by atoms with Crippen LogP contribution in [-0.4, -0.2) is 16.9 Å². The first-order chi connectivity index (χ1) is 8.43. The van der Waals surface area contributed by atoms with Crippen LogP contribution in [0.3, 0.4) is 0 Å². The van der Waals surface area contributed by atoms with Gasteiger partial charge in [-0.2, -0.15) is 0 Å². The molecule has 2 N–H and O–H groups in total. The van der Waals surface area contributed by atoms with Gasteiger partial charge in [0.1, 0.15) is 5.56 Å². The van der Waals surface area contributed by atoms with Gasteiger partial charge in [0.25, 0.3) is 5.91 Å². The number of carbonyl (C=O) groups excluding carboxylic acids is 1. The van der Waals surface area contributed by atoms with Crippen molar-refractivity contribution in [2.24, 2.45) is 5.92 Å². The van der Waals surface area contributed by atoms with Gasteiger partial charge < -0.3 is 10.3 Å². The molecule has 4 heteroatoms. The van der Waals surface area contributed by atoms with Crippen molar-refractivity contribution in [3.8, 4) is 0 Å². The quantitative estimate of drug-likeness (QED) is 0.841. The fourth-order valence-electron chi connectivity index (χ4n) is 1.88. The summed E-state index contributed by atoms with van der Waals surface area (Å²) in [5.41, 5.74) is 0.695. The van der Waals surface area contributed by atoms with E-state index < -0.39 is 0 Å². The van der Waals surface area contributed by atoms with Crippen LogP contribution >= 0.6 is 0 Å². The maximum absolute atomic E-state index is 11.9. The molecule has 1 aromatic heterocycles. The van der Waals surface area contributed by atoms with E-state index in [1.807, 2.05) is 6.92 Å². The molecule has 0 saturated carbocycles. The minimum Gasteiger partial charge on any atom is -0.364 e. The van der Waals surface area contributed by atoms with E-state index in [0.29, 0.717) is 5.92 Å². The molecular weight excluding hydrogens is 228 g/mol. The van der Waals surface area contributed by atoms with Crippen molar-refractivity contribution in [2.75, 3.05) is 0 Å². The lowest BCUT2D eigenvalue weighted by molar-refractivity contribution is 0.0934. The first-order valence-electron chi connectivity index (χ1n) is 6.44. The number of pyridine rings is 1. The van der Waals surface area contributed by atoms with Crippen LogP contribution in [0.25, 0.3) is 0 Å². The van der Waals surface area contributed by atoms with E-state index in [4.69, 9.17) is 0 Å². The summed E-state index contributed by atoms with van der Waals surface area (Å²) in [5, 5.41) is 2.86. The first kappa shape index (κ1) is 14.5. The summed E-state index contributed by atoms with van der Waals surface area (Å²) in [6.45, 7) is 8.03. The van der Waals surface area contributed by atoms with Crippen LogP contribution in [-0.2, 0) is 0 Å². The highest BCUT2D eigenvalue weighted by atomic mass is 16.2. The molecule has 1 aromatic rings. The lowest BCUT2D eigenvalue weighted by Crippen LogP contribution is -2.36. The average Bonchev–Trinajstić information content (AvgIpc) is 2.28. The van der Waals surface area contributed by atoms with Crippen LogP contribution < -0.4 is 10.7 Å². The summed E-state index contributed by atoms with van der Waals surface area (Å²) in [6, 6.07) is 1.52. The zero-order chi connectivity index (χ0) is 13.7. The summed E-state index contributed by atoms with van der Waals surface area (Å²) >= 11 is 0. The van der Waals surface area contributed by atoms with Crippen molar-refractivity contribution in [3.63, 3.8) is 0 Å². The number of hydrogen-bond acceptors (Lipinski definition) is 2. The highest BCUT2D eigenvalue weighted by Crippen LogP contribution is 2.09. The number of hydrogen-bond donors (Lipinski definition) is 2.